The Morgan fingerprint density at radius 2 is 2.07 bits per heavy atom. The van der Waals surface area contributed by atoms with Crippen molar-refractivity contribution in [2.45, 2.75) is 13.3 Å². The number of H-pyrrole nitrogens is 1. The van der Waals surface area contributed by atoms with Gasteiger partial charge in [0.1, 0.15) is 5.82 Å². The lowest BCUT2D eigenvalue weighted by atomic mass is 10.1. The Kier molecular flexibility index (Phi) is 6.53. The number of amides is 1. The molecular formula is C19H16Cl2FN5O3. The van der Waals surface area contributed by atoms with Crippen LogP contribution in [0, 0.1) is 12.7 Å². The van der Waals surface area contributed by atoms with Crippen LogP contribution in [0.4, 0.5) is 15.9 Å². The number of nitrogens with two attached hydrogens (primary N) is 1. The summed E-state index contributed by atoms with van der Waals surface area (Å²) in [4.78, 5) is 26.3. The first-order chi connectivity index (χ1) is 14.3. The molecule has 0 aliphatic carbocycles. The van der Waals surface area contributed by atoms with Crippen LogP contribution in [0.5, 0.6) is 5.75 Å². The van der Waals surface area contributed by atoms with Crippen molar-refractivity contribution in [1.82, 2.24) is 15.2 Å². The molecular weight excluding hydrogens is 436 g/mol. The van der Waals surface area contributed by atoms with Crippen LogP contribution in [0.2, 0.25) is 10.0 Å². The van der Waals surface area contributed by atoms with Gasteiger partial charge in [0.25, 0.3) is 11.5 Å². The highest BCUT2D eigenvalue weighted by atomic mass is 35.5. The Morgan fingerprint density at radius 1 is 1.30 bits per heavy atom. The number of aromatic nitrogens is 3. The van der Waals surface area contributed by atoms with E-state index in [1.165, 1.54) is 30.5 Å². The number of rotatable bonds is 6. The fraction of sp³-hybridized carbons (Fsp3) is 0.158. The van der Waals surface area contributed by atoms with Gasteiger partial charge in [-0.05, 0) is 30.7 Å². The van der Waals surface area contributed by atoms with Gasteiger partial charge < -0.3 is 20.8 Å². The van der Waals surface area contributed by atoms with Crippen molar-refractivity contribution in [1.29, 1.82) is 0 Å². The van der Waals surface area contributed by atoms with E-state index in [4.69, 9.17) is 33.7 Å². The van der Waals surface area contributed by atoms with E-state index in [1.54, 1.807) is 6.92 Å². The molecule has 4 N–H and O–H groups in total. The summed E-state index contributed by atoms with van der Waals surface area (Å²) in [5.74, 6) is -1.06. The fourth-order valence-corrected chi connectivity index (χ4v) is 3.10. The Bertz CT molecular complexity index is 1170. The minimum atomic E-state index is -0.586. The average Bonchev–Trinajstić information content (AvgIpc) is 2.71. The third kappa shape index (κ3) is 4.87. The number of hydrogen-bond donors (Lipinski definition) is 3. The molecule has 0 saturated carbocycles. The number of halogens is 3. The van der Waals surface area contributed by atoms with Crippen LogP contribution in [-0.4, -0.2) is 27.7 Å². The highest BCUT2D eigenvalue weighted by Gasteiger charge is 2.15. The van der Waals surface area contributed by atoms with Crippen molar-refractivity contribution >= 4 is 40.6 Å². The summed E-state index contributed by atoms with van der Waals surface area (Å²) in [6, 6.07) is 5.42. The maximum atomic E-state index is 13.6. The summed E-state index contributed by atoms with van der Waals surface area (Å²) >= 11 is 12.0. The molecule has 30 heavy (non-hydrogen) atoms. The van der Waals surface area contributed by atoms with E-state index < -0.39 is 11.7 Å². The summed E-state index contributed by atoms with van der Waals surface area (Å²) in [5.41, 5.74) is 6.67. The van der Waals surface area contributed by atoms with E-state index in [1.807, 2.05) is 0 Å². The number of aromatic amines is 1. The van der Waals surface area contributed by atoms with Gasteiger partial charge in [-0.2, -0.15) is 0 Å². The first-order valence-electron chi connectivity index (χ1n) is 8.65. The van der Waals surface area contributed by atoms with Gasteiger partial charge in [0.15, 0.2) is 17.3 Å². The summed E-state index contributed by atoms with van der Waals surface area (Å²) in [7, 11) is 0. The second-order valence-corrected chi connectivity index (χ2v) is 7.04. The van der Waals surface area contributed by atoms with Gasteiger partial charge in [0.05, 0.1) is 17.3 Å². The summed E-state index contributed by atoms with van der Waals surface area (Å²) in [6.07, 6.45) is 1.57. The molecule has 0 spiro atoms. The number of nitrogens with zero attached hydrogens (tertiary/aromatic N) is 2. The minimum absolute atomic E-state index is 0.0251. The number of nitrogens with one attached hydrogen (secondary N) is 2. The van der Waals surface area contributed by atoms with E-state index in [2.05, 4.69) is 20.5 Å². The highest BCUT2D eigenvalue weighted by molar-refractivity contribution is 6.36. The number of carbonyl (C=O) groups is 1. The monoisotopic (exact) mass is 451 g/mol. The number of anilines is 2. The Labute approximate surface area is 180 Å². The van der Waals surface area contributed by atoms with Gasteiger partial charge >= 0.3 is 0 Å². The molecule has 2 aromatic heterocycles. The summed E-state index contributed by atoms with van der Waals surface area (Å²) in [6.45, 7) is 1.67. The zero-order chi connectivity index (χ0) is 21.8. The van der Waals surface area contributed by atoms with E-state index in [9.17, 15) is 14.0 Å². The third-order valence-corrected chi connectivity index (χ3v) is 4.88. The first-order valence-corrected chi connectivity index (χ1v) is 9.41. The second-order valence-electron chi connectivity index (χ2n) is 6.25. The highest BCUT2D eigenvalue weighted by Crippen LogP contribution is 2.28. The lowest BCUT2D eigenvalue weighted by Crippen LogP contribution is -2.17. The van der Waals surface area contributed by atoms with Gasteiger partial charge in [-0.15, -0.1) is 10.2 Å². The van der Waals surface area contributed by atoms with Gasteiger partial charge in [0.2, 0.25) is 0 Å². The number of nitrogen functional groups attached to an aromatic ring is 1. The molecule has 0 aliphatic heterocycles. The van der Waals surface area contributed by atoms with E-state index in [0.717, 1.165) is 0 Å². The quantitative estimate of drug-likeness (QED) is 0.493. The molecule has 156 valence electrons. The Hall–Kier alpha value is -3.17. The zero-order valence-corrected chi connectivity index (χ0v) is 17.1. The van der Waals surface area contributed by atoms with E-state index in [-0.39, 0.29) is 40.9 Å². The lowest BCUT2D eigenvalue weighted by Gasteiger charge is -2.11. The lowest BCUT2D eigenvalue weighted by molar-refractivity contribution is 0.102. The molecule has 1 aromatic carbocycles. The van der Waals surface area contributed by atoms with Crippen LogP contribution in [0.1, 0.15) is 21.6 Å². The standard InChI is InChI=1S/C19H16Cl2FN5O3/c1-9-6-10(8-24-18(9)28)25-19(29)14-7-15(17(23)27-26-14)30-5-4-11-12(20)2-3-13(22)16(11)21/h2-3,6-8H,4-5H2,1H3,(H2,23,27)(H,24,28)(H,25,29). The number of ether oxygens (including phenoxy) is 1. The van der Waals surface area contributed by atoms with Crippen molar-refractivity contribution in [3.63, 3.8) is 0 Å². The SMILES string of the molecule is Cc1cc(NC(=O)c2cc(OCCc3c(Cl)ccc(F)c3Cl)c(N)nn2)c[nH]c1=O. The molecule has 0 unspecified atom stereocenters. The molecule has 0 fully saturated rings. The smallest absolute Gasteiger partial charge is 0.276 e. The van der Waals surface area contributed by atoms with Crippen molar-refractivity contribution < 1.29 is 13.9 Å². The fourth-order valence-electron chi connectivity index (χ4n) is 2.54. The van der Waals surface area contributed by atoms with Crippen molar-refractivity contribution in [3.8, 4) is 5.75 Å². The molecule has 0 bridgehead atoms. The summed E-state index contributed by atoms with van der Waals surface area (Å²) < 4.78 is 19.2. The van der Waals surface area contributed by atoms with Crippen LogP contribution >= 0.6 is 23.2 Å². The third-order valence-electron chi connectivity index (χ3n) is 4.11. The number of benzene rings is 1. The molecule has 8 nitrogen and oxygen atoms in total. The molecule has 0 atom stereocenters. The molecule has 0 saturated heterocycles. The van der Waals surface area contributed by atoms with Crippen molar-refractivity contribution in [3.05, 3.63) is 73.5 Å². The van der Waals surface area contributed by atoms with Crippen LogP contribution in [0.25, 0.3) is 0 Å². The topological polar surface area (TPSA) is 123 Å². The molecule has 3 aromatic rings. The maximum absolute atomic E-state index is 13.6. The molecule has 1 amide bonds. The maximum Gasteiger partial charge on any atom is 0.276 e. The van der Waals surface area contributed by atoms with E-state index >= 15 is 0 Å². The predicted octanol–water partition coefficient (Wildman–Crippen LogP) is 3.38. The Balaban J connectivity index is 1.70. The van der Waals surface area contributed by atoms with Gasteiger partial charge in [-0.25, -0.2) is 4.39 Å². The van der Waals surface area contributed by atoms with Gasteiger partial charge in [0, 0.05) is 29.3 Å². The van der Waals surface area contributed by atoms with Gasteiger partial charge in [-0.1, -0.05) is 23.2 Å². The normalized spacial score (nSPS) is 10.7. The van der Waals surface area contributed by atoms with E-state index in [0.29, 0.717) is 21.8 Å². The first kappa shape index (κ1) is 21.5. The second kappa shape index (κ2) is 9.10. The minimum Gasteiger partial charge on any atom is -0.489 e. The molecule has 0 aliphatic rings. The van der Waals surface area contributed by atoms with Crippen LogP contribution in [-0.2, 0) is 6.42 Å². The van der Waals surface area contributed by atoms with Crippen LogP contribution in [0.15, 0.2) is 35.3 Å². The largest absolute Gasteiger partial charge is 0.489 e. The van der Waals surface area contributed by atoms with Gasteiger partial charge in [-0.3, -0.25) is 9.59 Å². The molecule has 3 rings (SSSR count). The van der Waals surface area contributed by atoms with Crippen LogP contribution < -0.4 is 21.3 Å². The van der Waals surface area contributed by atoms with Crippen molar-refractivity contribution in [2.75, 3.05) is 17.7 Å². The zero-order valence-electron chi connectivity index (χ0n) is 15.6. The molecule has 0 radical (unpaired) electrons. The number of pyridine rings is 1. The molecule has 2 heterocycles. The molecule has 11 heteroatoms. The average molecular weight is 452 g/mol. The van der Waals surface area contributed by atoms with Crippen LogP contribution in [0.3, 0.4) is 0 Å². The Morgan fingerprint density at radius 3 is 2.80 bits per heavy atom. The summed E-state index contributed by atoms with van der Waals surface area (Å²) in [5, 5.41) is 10.3. The predicted molar refractivity (Wildman–Crippen MR) is 112 cm³/mol. The number of carbonyl (C=O) groups excluding carboxylic acids is 1. The number of aryl methyl sites for hydroxylation is 1. The number of hydrogen-bond acceptors (Lipinski definition) is 6. The van der Waals surface area contributed by atoms with Crippen molar-refractivity contribution in [2.24, 2.45) is 0 Å².